The summed E-state index contributed by atoms with van der Waals surface area (Å²) in [5.41, 5.74) is 13.9. The highest BCUT2D eigenvalue weighted by Crippen LogP contribution is 2.45. The molecule has 4 heteroatoms. The number of anilines is 1. The zero-order valence-corrected chi connectivity index (χ0v) is 23.1. The van der Waals surface area contributed by atoms with E-state index in [0.717, 1.165) is 50.7 Å². The van der Waals surface area contributed by atoms with Gasteiger partial charge < -0.3 is 18.5 Å². The van der Waals surface area contributed by atoms with Crippen LogP contribution in [0.15, 0.2) is 126 Å². The van der Waals surface area contributed by atoms with Gasteiger partial charge in [0.2, 0.25) is 0 Å². The number of hydrogen-bond acceptors (Lipinski definition) is 2. The lowest BCUT2D eigenvalue weighted by Crippen LogP contribution is -2.09. The number of nitrogens with one attached hydrogen (secondary N) is 1. The summed E-state index contributed by atoms with van der Waals surface area (Å²) in [7, 11) is 0. The highest BCUT2D eigenvalue weighted by atomic mass is 16.3. The summed E-state index contributed by atoms with van der Waals surface area (Å²) in [5, 5.41) is 11.0. The normalized spacial score (nSPS) is 13.2. The number of aromatic nitrogens is 2. The fourth-order valence-electron chi connectivity index (χ4n) is 7.89. The van der Waals surface area contributed by atoms with E-state index in [4.69, 9.17) is 4.42 Å². The standard InChI is InChI=1S/C39H23N3O/c1-2-10-23-22(9-1)21-40-31-20-34-33(19-30(23)31)41-32-17-5-3-11-24(32)25-13-7-14-26(36(25)41)27-15-8-16-29-37(27)42(34)38-28-12-4-6-18-35(28)43-39(29)38/h1-20,40H,21H2. The fraction of sp³-hybridized carbons (Fsp3) is 0.0256. The molecular formula is C39H23N3O. The topological polar surface area (TPSA) is 34.0 Å². The first kappa shape index (κ1) is 21.9. The van der Waals surface area contributed by atoms with Gasteiger partial charge in [0.15, 0.2) is 5.58 Å². The van der Waals surface area contributed by atoms with Crippen molar-refractivity contribution in [3.63, 3.8) is 0 Å². The first-order chi connectivity index (χ1) is 21.3. The second-order valence-corrected chi connectivity index (χ2v) is 11.8. The van der Waals surface area contributed by atoms with Crippen LogP contribution in [-0.2, 0) is 6.54 Å². The molecule has 1 aliphatic rings. The van der Waals surface area contributed by atoms with Crippen molar-refractivity contribution in [1.29, 1.82) is 0 Å². The largest absolute Gasteiger partial charge is 0.454 e. The van der Waals surface area contributed by atoms with E-state index in [1.807, 2.05) is 0 Å². The molecule has 1 aliphatic heterocycles. The van der Waals surface area contributed by atoms with E-state index in [1.54, 1.807) is 0 Å². The van der Waals surface area contributed by atoms with Gasteiger partial charge in [-0.2, -0.15) is 0 Å². The number of para-hydroxylation sites is 4. The van der Waals surface area contributed by atoms with Crippen molar-refractivity contribution in [2.45, 2.75) is 6.54 Å². The molecule has 1 N–H and O–H groups in total. The maximum Gasteiger partial charge on any atom is 0.161 e. The number of furan rings is 1. The monoisotopic (exact) mass is 549 g/mol. The zero-order chi connectivity index (χ0) is 27.8. The maximum absolute atomic E-state index is 6.65. The lowest BCUT2D eigenvalue weighted by Gasteiger charge is -2.23. The molecule has 0 atom stereocenters. The molecule has 4 aromatic heterocycles. The number of fused-ring (bicyclic) bond motifs is 15. The molecule has 0 aliphatic carbocycles. The van der Waals surface area contributed by atoms with Gasteiger partial charge in [-0.3, -0.25) is 0 Å². The lowest BCUT2D eigenvalue weighted by molar-refractivity contribution is 0.673. The van der Waals surface area contributed by atoms with E-state index in [-0.39, 0.29) is 0 Å². The molecule has 43 heavy (non-hydrogen) atoms. The number of nitrogens with zero attached hydrogens (tertiary/aromatic N) is 2. The average Bonchev–Trinajstić information content (AvgIpc) is 3.70. The number of benzene rings is 6. The molecule has 0 fully saturated rings. The van der Waals surface area contributed by atoms with Crippen LogP contribution < -0.4 is 5.32 Å². The molecule has 11 rings (SSSR count). The highest BCUT2D eigenvalue weighted by molar-refractivity contribution is 6.27. The van der Waals surface area contributed by atoms with Gasteiger partial charge in [0.05, 0.1) is 27.6 Å². The predicted molar refractivity (Wildman–Crippen MR) is 178 cm³/mol. The minimum absolute atomic E-state index is 0.809. The van der Waals surface area contributed by atoms with Crippen molar-refractivity contribution in [3.05, 3.63) is 127 Å². The summed E-state index contributed by atoms with van der Waals surface area (Å²) >= 11 is 0. The van der Waals surface area contributed by atoms with E-state index in [0.29, 0.717) is 0 Å². The molecule has 5 heterocycles. The van der Waals surface area contributed by atoms with Gasteiger partial charge in [0.1, 0.15) is 11.1 Å². The van der Waals surface area contributed by atoms with Crippen LogP contribution in [0.3, 0.4) is 0 Å². The molecule has 0 unspecified atom stereocenters. The predicted octanol–water partition coefficient (Wildman–Crippen LogP) is 10.3. The zero-order valence-electron chi connectivity index (χ0n) is 23.1. The van der Waals surface area contributed by atoms with Crippen molar-refractivity contribution in [3.8, 4) is 11.1 Å². The first-order valence-electron chi connectivity index (χ1n) is 14.8. The van der Waals surface area contributed by atoms with Crippen LogP contribution in [0.5, 0.6) is 0 Å². The Balaban J connectivity index is 1.55. The summed E-state index contributed by atoms with van der Waals surface area (Å²) < 4.78 is 11.6. The Morgan fingerprint density at radius 1 is 0.488 bits per heavy atom. The van der Waals surface area contributed by atoms with Gasteiger partial charge in [-0.1, -0.05) is 84.9 Å². The fourth-order valence-corrected chi connectivity index (χ4v) is 7.89. The van der Waals surface area contributed by atoms with Gasteiger partial charge in [-0.05, 0) is 47.5 Å². The third-order valence-corrected chi connectivity index (χ3v) is 9.66. The maximum atomic E-state index is 6.65. The Morgan fingerprint density at radius 2 is 1.14 bits per heavy atom. The van der Waals surface area contributed by atoms with Crippen molar-refractivity contribution < 1.29 is 4.42 Å². The van der Waals surface area contributed by atoms with Crippen LogP contribution in [0.25, 0.3) is 87.7 Å². The van der Waals surface area contributed by atoms with Gasteiger partial charge in [0.25, 0.3) is 0 Å². The average molecular weight is 550 g/mol. The summed E-state index contributed by atoms with van der Waals surface area (Å²) in [6, 6.07) is 44.2. The van der Waals surface area contributed by atoms with E-state index < -0.39 is 0 Å². The summed E-state index contributed by atoms with van der Waals surface area (Å²) in [6.07, 6.45) is 0. The van der Waals surface area contributed by atoms with Crippen LogP contribution in [0, 0.1) is 0 Å². The summed E-state index contributed by atoms with van der Waals surface area (Å²) in [4.78, 5) is 0. The molecule has 0 radical (unpaired) electrons. The van der Waals surface area contributed by atoms with Crippen LogP contribution in [0.2, 0.25) is 0 Å². The smallest absolute Gasteiger partial charge is 0.161 e. The van der Waals surface area contributed by atoms with Crippen molar-refractivity contribution in [2.75, 3.05) is 5.32 Å². The molecule has 4 nitrogen and oxygen atoms in total. The number of hydrogen-bond donors (Lipinski definition) is 1. The van der Waals surface area contributed by atoms with E-state index in [2.05, 4.69) is 135 Å². The van der Waals surface area contributed by atoms with Crippen LogP contribution in [-0.4, -0.2) is 8.80 Å². The molecule has 0 bridgehead atoms. The Hall–Kier alpha value is -5.74. The van der Waals surface area contributed by atoms with Crippen LogP contribution in [0.1, 0.15) is 5.56 Å². The molecule has 0 saturated carbocycles. The van der Waals surface area contributed by atoms with E-state index in [1.165, 1.54) is 54.8 Å². The molecule has 200 valence electrons. The summed E-state index contributed by atoms with van der Waals surface area (Å²) in [6.45, 7) is 0.809. The Morgan fingerprint density at radius 3 is 2.02 bits per heavy atom. The minimum Gasteiger partial charge on any atom is -0.454 e. The molecule has 6 aromatic carbocycles. The van der Waals surface area contributed by atoms with Crippen molar-refractivity contribution in [1.82, 2.24) is 8.80 Å². The van der Waals surface area contributed by atoms with Crippen molar-refractivity contribution in [2.24, 2.45) is 0 Å². The Bertz CT molecular complexity index is 2850. The van der Waals surface area contributed by atoms with Crippen molar-refractivity contribution >= 4 is 82.3 Å². The van der Waals surface area contributed by atoms with Gasteiger partial charge in [0, 0.05) is 50.1 Å². The second-order valence-electron chi connectivity index (χ2n) is 11.8. The van der Waals surface area contributed by atoms with Gasteiger partial charge in [-0.25, -0.2) is 0 Å². The second kappa shape index (κ2) is 7.55. The first-order valence-corrected chi connectivity index (χ1v) is 14.8. The summed E-state index contributed by atoms with van der Waals surface area (Å²) in [5.74, 6) is 0. The molecule has 10 aromatic rings. The third kappa shape index (κ3) is 2.59. The quantitative estimate of drug-likeness (QED) is 0.204. The molecular weight excluding hydrogens is 526 g/mol. The third-order valence-electron chi connectivity index (χ3n) is 9.66. The Kier molecular flexibility index (Phi) is 3.85. The number of rotatable bonds is 0. The molecule has 0 amide bonds. The molecule has 0 saturated heterocycles. The molecule has 0 spiro atoms. The van der Waals surface area contributed by atoms with E-state index >= 15 is 0 Å². The lowest BCUT2D eigenvalue weighted by atomic mass is 9.94. The van der Waals surface area contributed by atoms with Gasteiger partial charge in [-0.15, -0.1) is 0 Å². The minimum atomic E-state index is 0.809. The van der Waals surface area contributed by atoms with Crippen LogP contribution in [0.4, 0.5) is 5.69 Å². The SMILES string of the molecule is c1ccc2c(c1)CNc1cc3c(cc1-2)n1c2ccccc2c2cccc(c4cccc5c6oc7ccccc7c6n3c45)c21. The Labute approximate surface area is 245 Å². The highest BCUT2D eigenvalue weighted by Gasteiger charge is 2.24. The van der Waals surface area contributed by atoms with Crippen LogP contribution >= 0.6 is 0 Å². The van der Waals surface area contributed by atoms with Gasteiger partial charge >= 0.3 is 0 Å². The van der Waals surface area contributed by atoms with E-state index in [9.17, 15) is 0 Å².